The molecule has 6 heteroatoms. The highest BCUT2D eigenvalue weighted by Crippen LogP contribution is 2.36. The van der Waals surface area contributed by atoms with E-state index in [0.717, 1.165) is 32.6 Å². The van der Waals surface area contributed by atoms with Crippen LogP contribution in [0.3, 0.4) is 0 Å². The zero-order chi connectivity index (χ0) is 17.6. The van der Waals surface area contributed by atoms with Crippen LogP contribution in [0.4, 0.5) is 0 Å². The number of imidazole rings is 1. The highest BCUT2D eigenvalue weighted by atomic mass is 15.3. The molecule has 0 N–H and O–H groups in total. The molecule has 25 heavy (non-hydrogen) atoms. The number of likely N-dealkylation sites (tertiary alicyclic amines) is 1. The van der Waals surface area contributed by atoms with Crippen molar-refractivity contribution in [1.29, 1.82) is 0 Å². The molecule has 3 rings (SSSR count). The van der Waals surface area contributed by atoms with Crippen molar-refractivity contribution in [1.82, 2.24) is 29.1 Å². The van der Waals surface area contributed by atoms with Crippen molar-refractivity contribution < 1.29 is 0 Å². The fourth-order valence-corrected chi connectivity index (χ4v) is 4.21. The Morgan fingerprint density at radius 2 is 2.24 bits per heavy atom. The molecule has 1 saturated heterocycles. The molecule has 2 aromatic rings. The van der Waals surface area contributed by atoms with Crippen molar-refractivity contribution in [2.75, 3.05) is 33.2 Å². The first-order valence-electron chi connectivity index (χ1n) is 9.54. The van der Waals surface area contributed by atoms with E-state index in [-0.39, 0.29) is 0 Å². The van der Waals surface area contributed by atoms with Gasteiger partial charge in [-0.1, -0.05) is 6.92 Å². The second-order valence-corrected chi connectivity index (χ2v) is 7.34. The van der Waals surface area contributed by atoms with E-state index >= 15 is 0 Å². The first-order valence-corrected chi connectivity index (χ1v) is 9.54. The maximum absolute atomic E-state index is 4.42. The van der Waals surface area contributed by atoms with E-state index in [4.69, 9.17) is 0 Å². The van der Waals surface area contributed by atoms with Gasteiger partial charge in [0, 0.05) is 50.3 Å². The van der Waals surface area contributed by atoms with Crippen molar-refractivity contribution in [2.24, 2.45) is 13.0 Å². The van der Waals surface area contributed by atoms with E-state index < -0.39 is 0 Å². The Morgan fingerprint density at radius 3 is 2.92 bits per heavy atom. The van der Waals surface area contributed by atoms with E-state index in [1.807, 2.05) is 30.5 Å². The van der Waals surface area contributed by atoms with Gasteiger partial charge in [-0.15, -0.1) is 0 Å². The fourth-order valence-electron chi connectivity index (χ4n) is 4.21. The van der Waals surface area contributed by atoms with Crippen LogP contribution in [0.1, 0.15) is 37.8 Å². The van der Waals surface area contributed by atoms with Crippen LogP contribution in [-0.4, -0.2) is 62.4 Å². The molecule has 0 unspecified atom stereocenters. The molecule has 2 atom stereocenters. The van der Waals surface area contributed by atoms with E-state index in [0.29, 0.717) is 12.0 Å². The van der Waals surface area contributed by atoms with Gasteiger partial charge in [0.1, 0.15) is 0 Å². The second kappa shape index (κ2) is 8.63. The van der Waals surface area contributed by atoms with E-state index in [1.165, 1.54) is 24.9 Å². The summed E-state index contributed by atoms with van der Waals surface area (Å²) in [6, 6.07) is 0.503. The predicted molar refractivity (Wildman–Crippen MR) is 100 cm³/mol. The lowest BCUT2D eigenvalue weighted by molar-refractivity contribution is 0.0759. The first-order chi connectivity index (χ1) is 12.2. The predicted octanol–water partition coefficient (Wildman–Crippen LogP) is 2.41. The van der Waals surface area contributed by atoms with Gasteiger partial charge in [0.05, 0.1) is 12.5 Å². The number of rotatable bonds is 8. The monoisotopic (exact) mass is 344 g/mol. The first kappa shape index (κ1) is 18.1. The van der Waals surface area contributed by atoms with Crippen LogP contribution < -0.4 is 0 Å². The molecule has 0 aliphatic carbocycles. The molecule has 0 spiro atoms. The molecule has 6 nitrogen and oxygen atoms in total. The second-order valence-electron chi connectivity index (χ2n) is 7.34. The Labute approximate surface area is 151 Å². The minimum atomic E-state index is 0.503. The van der Waals surface area contributed by atoms with Crippen molar-refractivity contribution in [3.8, 4) is 0 Å². The molecule has 0 saturated carbocycles. The summed E-state index contributed by atoms with van der Waals surface area (Å²) in [7, 11) is 4.28. The van der Waals surface area contributed by atoms with Gasteiger partial charge in [-0.25, -0.2) is 4.98 Å². The van der Waals surface area contributed by atoms with Gasteiger partial charge < -0.3 is 9.47 Å². The number of aryl methyl sites for hydroxylation is 2. The zero-order valence-electron chi connectivity index (χ0n) is 15.9. The minimum Gasteiger partial charge on any atom is -0.337 e. The molecular weight excluding hydrogens is 312 g/mol. The van der Waals surface area contributed by atoms with Gasteiger partial charge in [-0.3, -0.25) is 9.58 Å². The van der Waals surface area contributed by atoms with E-state index in [9.17, 15) is 0 Å². The molecule has 0 radical (unpaired) electrons. The Bertz CT molecular complexity index is 620. The van der Waals surface area contributed by atoms with Crippen LogP contribution in [0.25, 0.3) is 0 Å². The summed E-state index contributed by atoms with van der Waals surface area (Å²) in [4.78, 5) is 9.25. The van der Waals surface area contributed by atoms with Crippen LogP contribution in [-0.2, 0) is 13.6 Å². The average Bonchev–Trinajstić information content (AvgIpc) is 3.26. The molecule has 0 aromatic carbocycles. The van der Waals surface area contributed by atoms with Crippen LogP contribution in [0, 0.1) is 5.92 Å². The number of aromatic nitrogens is 4. The normalized spacial score (nSPS) is 21.9. The van der Waals surface area contributed by atoms with Crippen molar-refractivity contribution >= 4 is 0 Å². The summed E-state index contributed by atoms with van der Waals surface area (Å²) < 4.78 is 4.09. The van der Waals surface area contributed by atoms with Crippen LogP contribution in [0.2, 0.25) is 0 Å². The molecule has 3 heterocycles. The largest absolute Gasteiger partial charge is 0.337 e. The standard InChI is InChI=1S/C19H32N6/c1-4-25-11-5-7-17(19(25)18-13-21-23(3)15-18)14-22(2)9-6-10-24-12-8-20-16-24/h8,12-13,15-17,19H,4-7,9-11,14H2,1-3H3/t17-,19+/m0/s1. The Hall–Kier alpha value is -1.66. The van der Waals surface area contributed by atoms with Gasteiger partial charge in [0.2, 0.25) is 0 Å². The topological polar surface area (TPSA) is 42.1 Å². The molecule has 2 aromatic heterocycles. The van der Waals surface area contributed by atoms with Gasteiger partial charge in [0.15, 0.2) is 0 Å². The average molecular weight is 345 g/mol. The third-order valence-electron chi connectivity index (χ3n) is 5.39. The molecule has 1 fully saturated rings. The SMILES string of the molecule is CCN1CCC[C@@H](CN(C)CCCn2ccnc2)[C@@H]1c1cnn(C)c1. The van der Waals surface area contributed by atoms with Crippen molar-refractivity contribution in [3.63, 3.8) is 0 Å². The van der Waals surface area contributed by atoms with Gasteiger partial charge in [0.25, 0.3) is 0 Å². The number of hydrogen-bond acceptors (Lipinski definition) is 4. The van der Waals surface area contributed by atoms with Gasteiger partial charge in [-0.05, 0) is 51.9 Å². The fraction of sp³-hybridized carbons (Fsp3) is 0.684. The highest BCUT2D eigenvalue weighted by molar-refractivity contribution is 5.13. The minimum absolute atomic E-state index is 0.503. The Morgan fingerprint density at radius 1 is 1.36 bits per heavy atom. The summed E-state index contributed by atoms with van der Waals surface area (Å²) in [6.45, 7) is 7.92. The molecular formula is C19H32N6. The molecule has 0 amide bonds. The summed E-state index contributed by atoms with van der Waals surface area (Å²) >= 11 is 0. The van der Waals surface area contributed by atoms with Crippen LogP contribution in [0.15, 0.2) is 31.1 Å². The quantitative estimate of drug-likeness (QED) is 0.737. The number of nitrogens with zero attached hydrogens (tertiary/aromatic N) is 6. The molecule has 1 aliphatic rings. The lowest BCUT2D eigenvalue weighted by Gasteiger charge is -2.42. The maximum Gasteiger partial charge on any atom is 0.0945 e. The highest BCUT2D eigenvalue weighted by Gasteiger charge is 2.33. The Kier molecular flexibility index (Phi) is 6.26. The van der Waals surface area contributed by atoms with E-state index in [2.05, 4.69) is 50.8 Å². The summed E-state index contributed by atoms with van der Waals surface area (Å²) in [5.41, 5.74) is 1.38. The molecule has 1 aliphatic heterocycles. The smallest absolute Gasteiger partial charge is 0.0945 e. The van der Waals surface area contributed by atoms with Crippen molar-refractivity contribution in [3.05, 3.63) is 36.7 Å². The van der Waals surface area contributed by atoms with Crippen LogP contribution >= 0.6 is 0 Å². The summed E-state index contributed by atoms with van der Waals surface area (Å²) in [5.74, 6) is 0.677. The summed E-state index contributed by atoms with van der Waals surface area (Å²) in [5, 5.41) is 4.42. The van der Waals surface area contributed by atoms with Gasteiger partial charge >= 0.3 is 0 Å². The lowest BCUT2D eigenvalue weighted by atomic mass is 9.85. The zero-order valence-corrected chi connectivity index (χ0v) is 15.9. The maximum atomic E-state index is 4.42. The number of piperidine rings is 1. The Balaban J connectivity index is 1.58. The lowest BCUT2D eigenvalue weighted by Crippen LogP contribution is -2.43. The molecule has 0 bridgehead atoms. The third kappa shape index (κ3) is 4.70. The van der Waals surface area contributed by atoms with Crippen LogP contribution in [0.5, 0.6) is 0 Å². The third-order valence-corrected chi connectivity index (χ3v) is 5.39. The van der Waals surface area contributed by atoms with Crippen molar-refractivity contribution in [2.45, 2.75) is 38.8 Å². The summed E-state index contributed by atoms with van der Waals surface area (Å²) in [6.07, 6.45) is 13.8. The van der Waals surface area contributed by atoms with E-state index in [1.54, 1.807) is 0 Å². The van der Waals surface area contributed by atoms with Gasteiger partial charge in [-0.2, -0.15) is 5.10 Å². The molecule has 138 valence electrons. The number of hydrogen-bond donors (Lipinski definition) is 0.